The smallest absolute Gasteiger partial charge is 0.253 e. The second kappa shape index (κ2) is 7.31. The number of halogens is 1. The molecule has 1 saturated heterocycles. The van der Waals surface area contributed by atoms with Crippen LogP contribution in [0.3, 0.4) is 0 Å². The average molecular weight is 365 g/mol. The van der Waals surface area contributed by atoms with Gasteiger partial charge in [-0.2, -0.15) is 4.98 Å². The zero-order valence-electron chi connectivity index (χ0n) is 15.1. The lowest BCUT2D eigenvalue weighted by atomic mass is 9.96. The molecule has 4 rings (SSSR count). The van der Waals surface area contributed by atoms with Gasteiger partial charge in [0, 0.05) is 30.1 Å². The second-order valence-corrected chi connectivity index (χ2v) is 6.90. The average Bonchev–Trinajstić information content (AvgIpc) is 3.18. The van der Waals surface area contributed by atoms with Crippen molar-refractivity contribution in [2.45, 2.75) is 25.7 Å². The molecule has 2 heterocycles. The van der Waals surface area contributed by atoms with E-state index in [4.69, 9.17) is 4.52 Å². The van der Waals surface area contributed by atoms with Gasteiger partial charge in [0.05, 0.1) is 0 Å². The molecular formula is C21H20FN3O2. The van der Waals surface area contributed by atoms with E-state index >= 15 is 0 Å². The number of benzene rings is 2. The van der Waals surface area contributed by atoms with Crippen LogP contribution >= 0.6 is 0 Å². The van der Waals surface area contributed by atoms with Crippen molar-refractivity contribution in [3.05, 3.63) is 71.4 Å². The van der Waals surface area contributed by atoms with Crippen LogP contribution in [0.15, 0.2) is 53.1 Å². The molecule has 27 heavy (non-hydrogen) atoms. The van der Waals surface area contributed by atoms with Crippen molar-refractivity contribution in [3.8, 4) is 11.4 Å². The van der Waals surface area contributed by atoms with Crippen LogP contribution in [-0.4, -0.2) is 34.0 Å². The van der Waals surface area contributed by atoms with Gasteiger partial charge in [-0.25, -0.2) is 4.39 Å². The van der Waals surface area contributed by atoms with Crippen LogP contribution < -0.4 is 0 Å². The minimum Gasteiger partial charge on any atom is -0.339 e. The largest absolute Gasteiger partial charge is 0.339 e. The first kappa shape index (κ1) is 17.4. The molecule has 138 valence electrons. The Labute approximate surface area is 156 Å². The van der Waals surface area contributed by atoms with Crippen molar-refractivity contribution in [3.63, 3.8) is 0 Å². The summed E-state index contributed by atoms with van der Waals surface area (Å²) in [4.78, 5) is 18.8. The number of aromatic nitrogens is 2. The molecule has 0 unspecified atom stereocenters. The van der Waals surface area contributed by atoms with Gasteiger partial charge in [-0.05, 0) is 44.0 Å². The summed E-state index contributed by atoms with van der Waals surface area (Å²) in [6.45, 7) is 3.19. The Balaban J connectivity index is 1.42. The predicted molar refractivity (Wildman–Crippen MR) is 98.7 cm³/mol. The lowest BCUT2D eigenvalue weighted by molar-refractivity contribution is 0.0704. The summed E-state index contributed by atoms with van der Waals surface area (Å²) in [5.41, 5.74) is 2.46. The third-order valence-electron chi connectivity index (χ3n) is 4.92. The van der Waals surface area contributed by atoms with Gasteiger partial charge in [-0.15, -0.1) is 0 Å². The molecule has 2 aromatic carbocycles. The Hall–Kier alpha value is -3.02. The highest BCUT2D eigenvalue weighted by molar-refractivity contribution is 5.94. The first-order chi connectivity index (χ1) is 13.1. The number of nitrogens with zero attached hydrogens (tertiary/aromatic N) is 3. The van der Waals surface area contributed by atoms with E-state index < -0.39 is 5.82 Å². The number of hydrogen-bond donors (Lipinski definition) is 0. The molecule has 1 amide bonds. The van der Waals surface area contributed by atoms with Gasteiger partial charge in [0.15, 0.2) is 0 Å². The Kier molecular flexibility index (Phi) is 4.71. The second-order valence-electron chi connectivity index (χ2n) is 6.90. The first-order valence-corrected chi connectivity index (χ1v) is 9.05. The number of hydrogen-bond acceptors (Lipinski definition) is 4. The Bertz CT molecular complexity index is 961. The van der Waals surface area contributed by atoms with Gasteiger partial charge in [-0.1, -0.05) is 35.0 Å². The summed E-state index contributed by atoms with van der Waals surface area (Å²) in [6.07, 6.45) is 1.49. The topological polar surface area (TPSA) is 59.2 Å². The highest BCUT2D eigenvalue weighted by Gasteiger charge is 2.28. The van der Waals surface area contributed by atoms with Crippen molar-refractivity contribution >= 4 is 5.91 Å². The van der Waals surface area contributed by atoms with Crippen LogP contribution in [-0.2, 0) is 0 Å². The van der Waals surface area contributed by atoms with E-state index in [1.54, 1.807) is 17.0 Å². The van der Waals surface area contributed by atoms with E-state index in [9.17, 15) is 9.18 Å². The monoisotopic (exact) mass is 365 g/mol. The van der Waals surface area contributed by atoms with Crippen LogP contribution in [0.2, 0.25) is 0 Å². The van der Waals surface area contributed by atoms with E-state index in [2.05, 4.69) is 10.1 Å². The molecular weight excluding hydrogens is 345 g/mol. The molecule has 3 aromatic rings. The maximum absolute atomic E-state index is 13.3. The van der Waals surface area contributed by atoms with E-state index in [0.29, 0.717) is 30.4 Å². The van der Waals surface area contributed by atoms with Crippen molar-refractivity contribution in [1.82, 2.24) is 15.0 Å². The van der Waals surface area contributed by atoms with Crippen LogP contribution in [0.4, 0.5) is 4.39 Å². The van der Waals surface area contributed by atoms with Gasteiger partial charge < -0.3 is 9.42 Å². The summed E-state index contributed by atoms with van der Waals surface area (Å²) >= 11 is 0. The molecule has 1 aliphatic heterocycles. The van der Waals surface area contributed by atoms with Crippen LogP contribution in [0.25, 0.3) is 11.4 Å². The maximum atomic E-state index is 13.3. The number of carbonyl (C=O) groups excluding carboxylic acids is 1. The van der Waals surface area contributed by atoms with E-state index in [1.807, 2.05) is 31.2 Å². The maximum Gasteiger partial charge on any atom is 0.253 e. The Morgan fingerprint density at radius 1 is 1.15 bits per heavy atom. The molecule has 0 aliphatic carbocycles. The summed E-state index contributed by atoms with van der Waals surface area (Å²) in [5.74, 6) is 0.799. The fourth-order valence-electron chi connectivity index (χ4n) is 3.44. The Morgan fingerprint density at radius 2 is 1.93 bits per heavy atom. The number of aryl methyl sites for hydroxylation is 1. The molecule has 0 bridgehead atoms. The van der Waals surface area contributed by atoms with Crippen molar-refractivity contribution < 1.29 is 13.7 Å². The summed E-state index contributed by atoms with van der Waals surface area (Å²) in [7, 11) is 0. The number of likely N-dealkylation sites (tertiary alicyclic amines) is 1. The molecule has 5 nitrogen and oxygen atoms in total. The zero-order chi connectivity index (χ0) is 18.8. The molecule has 1 aliphatic rings. The third-order valence-corrected chi connectivity index (χ3v) is 4.92. The first-order valence-electron chi connectivity index (χ1n) is 9.05. The highest BCUT2D eigenvalue weighted by atomic mass is 19.1. The number of amides is 1. The number of rotatable bonds is 3. The predicted octanol–water partition coefficient (Wildman–Crippen LogP) is 4.20. The van der Waals surface area contributed by atoms with Gasteiger partial charge in [0.2, 0.25) is 11.7 Å². The highest BCUT2D eigenvalue weighted by Crippen LogP contribution is 2.29. The normalized spacial score (nSPS) is 15.1. The lowest BCUT2D eigenvalue weighted by Gasteiger charge is -2.30. The van der Waals surface area contributed by atoms with Crippen molar-refractivity contribution in [1.29, 1.82) is 0 Å². The fourth-order valence-corrected chi connectivity index (χ4v) is 3.44. The zero-order valence-corrected chi connectivity index (χ0v) is 15.1. The van der Waals surface area contributed by atoms with E-state index in [0.717, 1.165) is 24.0 Å². The molecule has 0 saturated carbocycles. The van der Waals surface area contributed by atoms with Gasteiger partial charge in [0.25, 0.3) is 5.91 Å². The SMILES string of the molecule is Cc1cccc(-c2noc(C3CCN(C(=O)c4cccc(F)c4)CC3)n2)c1. The molecule has 0 N–H and O–H groups in total. The minimum absolute atomic E-state index is 0.132. The number of carbonyl (C=O) groups is 1. The standard InChI is InChI=1S/C21H20FN3O2/c1-14-4-2-5-16(12-14)19-23-20(27-24-19)15-8-10-25(11-9-15)21(26)17-6-3-7-18(22)13-17/h2-7,12-13,15H,8-11H2,1H3. The quantitative estimate of drug-likeness (QED) is 0.698. The minimum atomic E-state index is -0.398. The molecule has 0 radical (unpaired) electrons. The fraction of sp³-hybridized carbons (Fsp3) is 0.286. The lowest BCUT2D eigenvalue weighted by Crippen LogP contribution is -2.38. The van der Waals surface area contributed by atoms with Crippen LogP contribution in [0, 0.1) is 12.7 Å². The molecule has 0 atom stereocenters. The number of piperidine rings is 1. The van der Waals surface area contributed by atoms with Crippen molar-refractivity contribution in [2.24, 2.45) is 0 Å². The summed E-state index contributed by atoms with van der Waals surface area (Å²) in [5, 5.41) is 4.11. The molecule has 6 heteroatoms. The molecule has 1 fully saturated rings. The van der Waals surface area contributed by atoms with Crippen LogP contribution in [0.1, 0.15) is 40.6 Å². The third kappa shape index (κ3) is 3.74. The van der Waals surface area contributed by atoms with Gasteiger partial charge in [-0.3, -0.25) is 4.79 Å². The van der Waals surface area contributed by atoms with Gasteiger partial charge in [0.1, 0.15) is 5.82 Å². The summed E-state index contributed by atoms with van der Waals surface area (Å²) in [6, 6.07) is 13.8. The van der Waals surface area contributed by atoms with Gasteiger partial charge >= 0.3 is 0 Å². The Morgan fingerprint density at radius 3 is 2.67 bits per heavy atom. The van der Waals surface area contributed by atoms with Crippen molar-refractivity contribution in [2.75, 3.05) is 13.1 Å². The molecule has 0 spiro atoms. The molecule has 1 aromatic heterocycles. The van der Waals surface area contributed by atoms with E-state index in [-0.39, 0.29) is 11.8 Å². The summed E-state index contributed by atoms with van der Waals surface area (Å²) < 4.78 is 18.8. The van der Waals surface area contributed by atoms with Crippen LogP contribution in [0.5, 0.6) is 0 Å². The van der Waals surface area contributed by atoms with E-state index in [1.165, 1.54) is 12.1 Å².